The van der Waals surface area contributed by atoms with E-state index in [4.69, 9.17) is 5.73 Å². The molecule has 2 heterocycles. The van der Waals surface area contributed by atoms with Gasteiger partial charge in [-0.2, -0.15) is 0 Å². The van der Waals surface area contributed by atoms with Gasteiger partial charge in [0, 0.05) is 23.9 Å². The Morgan fingerprint density at radius 2 is 2.26 bits per heavy atom. The zero-order valence-corrected chi connectivity index (χ0v) is 10.9. The minimum atomic E-state index is -0.458. The Morgan fingerprint density at radius 1 is 1.53 bits per heavy atom. The van der Waals surface area contributed by atoms with E-state index in [1.807, 2.05) is 18.0 Å². The standard InChI is InChI=1S/C13H16N4O2/c1-8(12(14)19)3-9-4-10-6-17(2)7-11(18)16-13(10)15-5-9/h3-5H,6-7H2,1-2H3,(H2,14,19)(H,15,16,18). The maximum atomic E-state index is 11.5. The third kappa shape index (κ3) is 3.17. The van der Waals surface area contributed by atoms with Crippen LogP contribution in [0.3, 0.4) is 0 Å². The van der Waals surface area contributed by atoms with Crippen LogP contribution in [-0.4, -0.2) is 35.3 Å². The number of primary amides is 1. The quantitative estimate of drug-likeness (QED) is 0.751. The summed E-state index contributed by atoms with van der Waals surface area (Å²) < 4.78 is 0. The predicted octanol–water partition coefficient (Wildman–Crippen LogP) is 0.354. The van der Waals surface area contributed by atoms with E-state index in [0.29, 0.717) is 24.5 Å². The Morgan fingerprint density at radius 3 is 2.95 bits per heavy atom. The molecule has 3 N–H and O–H groups in total. The Kier molecular flexibility index (Phi) is 3.62. The summed E-state index contributed by atoms with van der Waals surface area (Å²) in [6.07, 6.45) is 3.29. The minimum Gasteiger partial charge on any atom is -0.366 e. The second kappa shape index (κ2) is 5.19. The molecule has 0 bridgehead atoms. The molecule has 6 heteroatoms. The van der Waals surface area contributed by atoms with Crippen molar-refractivity contribution in [1.29, 1.82) is 0 Å². The van der Waals surface area contributed by atoms with Crippen LogP contribution in [0, 0.1) is 0 Å². The van der Waals surface area contributed by atoms with Gasteiger partial charge in [-0.1, -0.05) is 0 Å². The summed E-state index contributed by atoms with van der Waals surface area (Å²) in [5.74, 6) is 0.0361. The number of amides is 2. The smallest absolute Gasteiger partial charge is 0.244 e. The van der Waals surface area contributed by atoms with Crippen LogP contribution in [0.2, 0.25) is 0 Å². The number of likely N-dealkylation sites (N-methyl/N-ethyl adjacent to an activating group) is 1. The molecule has 1 aromatic rings. The SMILES string of the molecule is CC(=Cc1cnc2c(c1)CN(C)CC(=O)N2)C(N)=O. The lowest BCUT2D eigenvalue weighted by molar-refractivity contribution is -0.117. The monoisotopic (exact) mass is 260 g/mol. The molecule has 1 aliphatic rings. The summed E-state index contributed by atoms with van der Waals surface area (Å²) in [6, 6.07) is 1.90. The number of pyridine rings is 1. The maximum absolute atomic E-state index is 11.5. The summed E-state index contributed by atoms with van der Waals surface area (Å²) in [5.41, 5.74) is 7.37. The van der Waals surface area contributed by atoms with Crippen LogP contribution in [0.25, 0.3) is 6.08 Å². The van der Waals surface area contributed by atoms with Gasteiger partial charge in [0.1, 0.15) is 5.82 Å². The molecule has 0 atom stereocenters. The molecule has 0 aromatic carbocycles. The van der Waals surface area contributed by atoms with Crippen molar-refractivity contribution in [3.05, 3.63) is 29.0 Å². The maximum Gasteiger partial charge on any atom is 0.244 e. The van der Waals surface area contributed by atoms with E-state index in [1.54, 1.807) is 19.2 Å². The van der Waals surface area contributed by atoms with Crippen LogP contribution in [0.1, 0.15) is 18.1 Å². The van der Waals surface area contributed by atoms with Gasteiger partial charge >= 0.3 is 0 Å². The highest BCUT2D eigenvalue weighted by Crippen LogP contribution is 2.20. The van der Waals surface area contributed by atoms with Crippen molar-refractivity contribution < 1.29 is 9.59 Å². The van der Waals surface area contributed by atoms with Crippen LogP contribution in [-0.2, 0) is 16.1 Å². The number of nitrogens with two attached hydrogens (primary N) is 1. The van der Waals surface area contributed by atoms with Gasteiger partial charge in [0.05, 0.1) is 6.54 Å². The van der Waals surface area contributed by atoms with Crippen molar-refractivity contribution in [3.8, 4) is 0 Å². The number of nitrogens with one attached hydrogen (secondary N) is 1. The van der Waals surface area contributed by atoms with E-state index in [9.17, 15) is 9.59 Å². The number of aromatic nitrogens is 1. The molecular weight excluding hydrogens is 244 g/mol. The van der Waals surface area contributed by atoms with Crippen LogP contribution in [0.5, 0.6) is 0 Å². The molecule has 0 spiro atoms. The third-order valence-corrected chi connectivity index (χ3v) is 2.87. The van der Waals surface area contributed by atoms with Gasteiger partial charge in [-0.3, -0.25) is 14.5 Å². The van der Waals surface area contributed by atoms with E-state index in [-0.39, 0.29) is 5.91 Å². The van der Waals surface area contributed by atoms with Gasteiger partial charge in [-0.15, -0.1) is 0 Å². The first-order chi connectivity index (χ1) is 8.95. The normalized spacial score (nSPS) is 16.5. The van der Waals surface area contributed by atoms with Gasteiger partial charge in [-0.05, 0) is 31.7 Å². The van der Waals surface area contributed by atoms with Crippen molar-refractivity contribution in [3.63, 3.8) is 0 Å². The molecule has 0 radical (unpaired) electrons. The molecule has 0 unspecified atom stereocenters. The first-order valence-corrected chi connectivity index (χ1v) is 5.91. The largest absolute Gasteiger partial charge is 0.366 e. The minimum absolute atomic E-state index is 0.0784. The molecule has 0 saturated carbocycles. The predicted molar refractivity (Wildman–Crippen MR) is 72.0 cm³/mol. The van der Waals surface area contributed by atoms with Crippen molar-refractivity contribution >= 4 is 23.7 Å². The molecule has 0 fully saturated rings. The number of fused-ring (bicyclic) bond motifs is 1. The number of rotatable bonds is 2. The van der Waals surface area contributed by atoms with Gasteiger partial charge in [-0.25, -0.2) is 4.98 Å². The fourth-order valence-electron chi connectivity index (χ4n) is 1.93. The first-order valence-electron chi connectivity index (χ1n) is 5.91. The van der Waals surface area contributed by atoms with Crippen LogP contribution in [0.4, 0.5) is 5.82 Å². The zero-order valence-electron chi connectivity index (χ0n) is 10.9. The molecule has 0 aliphatic carbocycles. The molecule has 0 saturated heterocycles. The molecule has 6 nitrogen and oxygen atoms in total. The first kappa shape index (κ1) is 13.2. The summed E-state index contributed by atoms with van der Waals surface area (Å²) in [7, 11) is 1.87. The highest BCUT2D eigenvalue weighted by Gasteiger charge is 2.17. The molecule has 1 aromatic heterocycles. The zero-order chi connectivity index (χ0) is 14.0. The number of anilines is 1. The lowest BCUT2D eigenvalue weighted by Gasteiger charge is -2.11. The molecule has 1 aliphatic heterocycles. The van der Waals surface area contributed by atoms with Crippen LogP contribution in [0.15, 0.2) is 17.8 Å². The van der Waals surface area contributed by atoms with E-state index in [2.05, 4.69) is 10.3 Å². The number of nitrogens with zero attached hydrogens (tertiary/aromatic N) is 2. The number of hydrogen-bond donors (Lipinski definition) is 2. The van der Waals surface area contributed by atoms with Crippen LogP contribution >= 0.6 is 0 Å². The molecule has 19 heavy (non-hydrogen) atoms. The summed E-state index contributed by atoms with van der Waals surface area (Å²) in [4.78, 5) is 28.7. The highest BCUT2D eigenvalue weighted by atomic mass is 16.2. The summed E-state index contributed by atoms with van der Waals surface area (Å²) in [6.45, 7) is 2.61. The third-order valence-electron chi connectivity index (χ3n) is 2.87. The summed E-state index contributed by atoms with van der Waals surface area (Å²) in [5, 5.41) is 2.75. The van der Waals surface area contributed by atoms with Gasteiger partial charge in [0.15, 0.2) is 0 Å². The van der Waals surface area contributed by atoms with Gasteiger partial charge in [0.25, 0.3) is 0 Å². The Hall–Kier alpha value is -2.21. The second-order valence-corrected chi connectivity index (χ2v) is 4.69. The lowest BCUT2D eigenvalue weighted by Crippen LogP contribution is -2.26. The van der Waals surface area contributed by atoms with E-state index in [1.165, 1.54) is 0 Å². The fraction of sp³-hybridized carbons (Fsp3) is 0.308. The molecule has 2 rings (SSSR count). The average Bonchev–Trinajstić information content (AvgIpc) is 2.45. The van der Waals surface area contributed by atoms with Crippen molar-refractivity contribution in [2.24, 2.45) is 5.73 Å². The van der Waals surface area contributed by atoms with E-state index >= 15 is 0 Å². The Labute approximate surface area is 111 Å². The fourth-order valence-corrected chi connectivity index (χ4v) is 1.93. The van der Waals surface area contributed by atoms with Crippen molar-refractivity contribution in [1.82, 2.24) is 9.88 Å². The number of hydrogen-bond acceptors (Lipinski definition) is 4. The number of carbonyl (C=O) groups is 2. The highest BCUT2D eigenvalue weighted by molar-refractivity contribution is 5.96. The molecule has 100 valence electrons. The second-order valence-electron chi connectivity index (χ2n) is 4.69. The van der Waals surface area contributed by atoms with Crippen molar-refractivity contribution in [2.75, 3.05) is 18.9 Å². The Bertz CT molecular complexity index is 566. The van der Waals surface area contributed by atoms with Gasteiger partial charge in [0.2, 0.25) is 11.8 Å². The average molecular weight is 260 g/mol. The lowest BCUT2D eigenvalue weighted by atomic mass is 10.1. The molecule has 2 amide bonds. The number of carbonyl (C=O) groups excluding carboxylic acids is 2. The van der Waals surface area contributed by atoms with Crippen LogP contribution < -0.4 is 11.1 Å². The Balaban J connectivity index is 2.36. The topological polar surface area (TPSA) is 88.3 Å². The van der Waals surface area contributed by atoms with E-state index in [0.717, 1.165) is 11.1 Å². The van der Waals surface area contributed by atoms with E-state index < -0.39 is 5.91 Å². The van der Waals surface area contributed by atoms with Gasteiger partial charge < -0.3 is 11.1 Å². The van der Waals surface area contributed by atoms with Crippen molar-refractivity contribution in [2.45, 2.75) is 13.5 Å². The summed E-state index contributed by atoms with van der Waals surface area (Å²) >= 11 is 0. The molecular formula is C13H16N4O2.